The van der Waals surface area contributed by atoms with Crippen molar-refractivity contribution in [3.8, 4) is 0 Å². The summed E-state index contributed by atoms with van der Waals surface area (Å²) in [5, 5.41) is 6.87. The first kappa shape index (κ1) is 23.9. The summed E-state index contributed by atoms with van der Waals surface area (Å²) in [6, 6.07) is 0.498. The van der Waals surface area contributed by atoms with Crippen LogP contribution in [0.25, 0.3) is 0 Å². The number of halogens is 1. The van der Waals surface area contributed by atoms with Crippen molar-refractivity contribution in [2.45, 2.75) is 44.2 Å². The van der Waals surface area contributed by atoms with Crippen LogP contribution in [0.5, 0.6) is 0 Å². The lowest BCUT2D eigenvalue weighted by molar-refractivity contribution is 0.0191. The van der Waals surface area contributed by atoms with Crippen molar-refractivity contribution in [1.29, 1.82) is 0 Å². The molecule has 0 amide bonds. The van der Waals surface area contributed by atoms with Gasteiger partial charge in [0.15, 0.2) is 5.96 Å². The Morgan fingerprint density at radius 3 is 2.69 bits per heavy atom. The number of piperidine rings is 1. The molecule has 7 nitrogen and oxygen atoms in total. The Bertz CT molecular complexity index is 373. The summed E-state index contributed by atoms with van der Waals surface area (Å²) in [5.41, 5.74) is 0. The number of methoxy groups -OCH3 is 1. The molecule has 26 heavy (non-hydrogen) atoms. The van der Waals surface area contributed by atoms with E-state index in [0.717, 1.165) is 77.5 Å². The van der Waals surface area contributed by atoms with Crippen LogP contribution in [0.15, 0.2) is 4.99 Å². The summed E-state index contributed by atoms with van der Waals surface area (Å²) in [6.45, 7) is 7.30. The molecule has 2 heterocycles. The third-order valence-corrected chi connectivity index (χ3v) is 4.84. The van der Waals surface area contributed by atoms with Crippen molar-refractivity contribution in [1.82, 2.24) is 15.5 Å². The third-order valence-electron chi connectivity index (χ3n) is 4.84. The van der Waals surface area contributed by atoms with E-state index in [0.29, 0.717) is 25.4 Å². The number of guanidine groups is 1. The van der Waals surface area contributed by atoms with Crippen LogP contribution in [-0.2, 0) is 14.2 Å². The number of nitrogens with zero attached hydrogens (tertiary/aromatic N) is 2. The Morgan fingerprint density at radius 2 is 2.04 bits per heavy atom. The zero-order valence-electron chi connectivity index (χ0n) is 16.4. The topological polar surface area (TPSA) is 67.4 Å². The average molecular weight is 484 g/mol. The number of ether oxygens (including phenoxy) is 3. The summed E-state index contributed by atoms with van der Waals surface area (Å²) in [7, 11) is 3.59. The highest BCUT2D eigenvalue weighted by Gasteiger charge is 2.19. The standard InChI is InChI=1S/C18H36N4O3.HI/c1-19-18(20-8-14-24-15-17-5-3-13-25-17)21-16-6-10-22(11-7-16)9-4-12-23-2;/h16-17H,3-15H2,1-2H3,(H2,19,20,21);1H. The first-order chi connectivity index (χ1) is 12.3. The molecule has 0 aromatic heterocycles. The number of rotatable bonds is 10. The second kappa shape index (κ2) is 14.8. The van der Waals surface area contributed by atoms with Gasteiger partial charge in [0.05, 0.1) is 19.3 Å². The van der Waals surface area contributed by atoms with Gasteiger partial charge in [0, 0.05) is 59.6 Å². The molecular weight excluding hydrogens is 447 g/mol. The summed E-state index contributed by atoms with van der Waals surface area (Å²) in [6.07, 6.45) is 6.01. The smallest absolute Gasteiger partial charge is 0.191 e. The highest BCUT2D eigenvalue weighted by Crippen LogP contribution is 2.12. The molecule has 2 aliphatic heterocycles. The molecule has 0 aromatic carbocycles. The minimum Gasteiger partial charge on any atom is -0.385 e. The lowest BCUT2D eigenvalue weighted by Crippen LogP contribution is -2.49. The Kier molecular flexibility index (Phi) is 13.6. The summed E-state index contributed by atoms with van der Waals surface area (Å²) in [5.74, 6) is 0.874. The van der Waals surface area contributed by atoms with Crippen LogP contribution < -0.4 is 10.6 Å². The quantitative estimate of drug-likeness (QED) is 0.212. The van der Waals surface area contributed by atoms with E-state index < -0.39 is 0 Å². The van der Waals surface area contributed by atoms with Crippen molar-refractivity contribution >= 4 is 29.9 Å². The van der Waals surface area contributed by atoms with Gasteiger partial charge in [0.2, 0.25) is 0 Å². The van der Waals surface area contributed by atoms with E-state index in [-0.39, 0.29) is 24.0 Å². The molecule has 2 fully saturated rings. The molecule has 0 aromatic rings. The molecule has 1 atom stereocenters. The van der Waals surface area contributed by atoms with E-state index in [1.807, 2.05) is 7.05 Å². The Labute approximate surface area is 175 Å². The van der Waals surface area contributed by atoms with Crippen LogP contribution in [0.3, 0.4) is 0 Å². The van der Waals surface area contributed by atoms with Gasteiger partial charge in [-0.3, -0.25) is 4.99 Å². The predicted molar refractivity (Wildman–Crippen MR) is 116 cm³/mol. The van der Waals surface area contributed by atoms with E-state index in [4.69, 9.17) is 14.2 Å². The number of hydrogen-bond donors (Lipinski definition) is 2. The first-order valence-corrected chi connectivity index (χ1v) is 9.69. The molecule has 2 saturated heterocycles. The van der Waals surface area contributed by atoms with Crippen molar-refractivity contribution < 1.29 is 14.2 Å². The van der Waals surface area contributed by atoms with Gasteiger partial charge in [-0.2, -0.15) is 0 Å². The van der Waals surface area contributed by atoms with Gasteiger partial charge in [-0.15, -0.1) is 24.0 Å². The highest BCUT2D eigenvalue weighted by atomic mass is 127. The minimum absolute atomic E-state index is 0. The second-order valence-electron chi connectivity index (χ2n) is 6.82. The van der Waals surface area contributed by atoms with Gasteiger partial charge < -0.3 is 29.7 Å². The maximum atomic E-state index is 5.68. The van der Waals surface area contributed by atoms with E-state index in [9.17, 15) is 0 Å². The zero-order valence-corrected chi connectivity index (χ0v) is 18.7. The van der Waals surface area contributed by atoms with Crippen LogP contribution in [-0.4, -0.2) is 89.8 Å². The Hall–Kier alpha value is -0.160. The summed E-state index contributed by atoms with van der Waals surface area (Å²) in [4.78, 5) is 6.84. The molecule has 2 rings (SSSR count). The van der Waals surface area contributed by atoms with Crippen molar-refractivity contribution in [2.24, 2.45) is 4.99 Å². The molecule has 0 saturated carbocycles. The summed E-state index contributed by atoms with van der Waals surface area (Å²) >= 11 is 0. The fraction of sp³-hybridized carbons (Fsp3) is 0.944. The monoisotopic (exact) mass is 484 g/mol. The van der Waals surface area contributed by atoms with Crippen LogP contribution >= 0.6 is 24.0 Å². The second-order valence-corrected chi connectivity index (χ2v) is 6.82. The average Bonchev–Trinajstić information content (AvgIpc) is 3.15. The maximum absolute atomic E-state index is 5.68. The van der Waals surface area contributed by atoms with Gasteiger partial charge in [-0.05, 0) is 32.1 Å². The molecule has 0 spiro atoms. The van der Waals surface area contributed by atoms with E-state index in [1.165, 1.54) is 0 Å². The third kappa shape index (κ3) is 9.68. The largest absolute Gasteiger partial charge is 0.385 e. The van der Waals surface area contributed by atoms with E-state index >= 15 is 0 Å². The SMILES string of the molecule is CN=C(NCCOCC1CCCO1)NC1CCN(CCCOC)CC1.I. The summed E-state index contributed by atoms with van der Waals surface area (Å²) < 4.78 is 16.4. The van der Waals surface area contributed by atoms with Gasteiger partial charge in [-0.1, -0.05) is 0 Å². The fourth-order valence-electron chi connectivity index (χ4n) is 3.35. The first-order valence-electron chi connectivity index (χ1n) is 9.69. The Balaban J connectivity index is 0.00000338. The molecule has 154 valence electrons. The number of hydrogen-bond acceptors (Lipinski definition) is 5. The zero-order chi connectivity index (χ0) is 17.7. The van der Waals surface area contributed by atoms with Crippen LogP contribution in [0, 0.1) is 0 Å². The number of nitrogens with one attached hydrogen (secondary N) is 2. The molecule has 1 unspecified atom stereocenters. The van der Waals surface area contributed by atoms with Gasteiger partial charge in [0.1, 0.15) is 0 Å². The highest BCUT2D eigenvalue weighted by molar-refractivity contribution is 14.0. The van der Waals surface area contributed by atoms with Crippen molar-refractivity contribution in [2.75, 3.05) is 66.8 Å². The normalized spacial score (nSPS) is 22.2. The molecule has 0 bridgehead atoms. The molecule has 2 aliphatic rings. The number of aliphatic imine (C=N–C) groups is 1. The molecule has 0 radical (unpaired) electrons. The predicted octanol–water partition coefficient (Wildman–Crippen LogP) is 1.47. The maximum Gasteiger partial charge on any atom is 0.191 e. The van der Waals surface area contributed by atoms with Gasteiger partial charge >= 0.3 is 0 Å². The van der Waals surface area contributed by atoms with E-state index in [2.05, 4.69) is 20.5 Å². The van der Waals surface area contributed by atoms with Gasteiger partial charge in [0.25, 0.3) is 0 Å². The lowest BCUT2D eigenvalue weighted by atomic mass is 10.1. The number of likely N-dealkylation sites (tertiary alicyclic amines) is 1. The van der Waals surface area contributed by atoms with Crippen LogP contribution in [0.2, 0.25) is 0 Å². The lowest BCUT2D eigenvalue weighted by Gasteiger charge is -2.33. The van der Waals surface area contributed by atoms with Crippen LogP contribution in [0.4, 0.5) is 0 Å². The molecule has 2 N–H and O–H groups in total. The fourth-order valence-corrected chi connectivity index (χ4v) is 3.35. The van der Waals surface area contributed by atoms with E-state index in [1.54, 1.807) is 7.11 Å². The minimum atomic E-state index is 0. The Morgan fingerprint density at radius 1 is 1.23 bits per heavy atom. The van der Waals surface area contributed by atoms with Crippen molar-refractivity contribution in [3.63, 3.8) is 0 Å². The molecule has 0 aliphatic carbocycles. The molecule has 8 heteroatoms. The van der Waals surface area contributed by atoms with Crippen molar-refractivity contribution in [3.05, 3.63) is 0 Å². The van der Waals surface area contributed by atoms with Crippen LogP contribution in [0.1, 0.15) is 32.1 Å². The molecular formula is C18H37IN4O3. The van der Waals surface area contributed by atoms with Gasteiger partial charge in [-0.25, -0.2) is 0 Å².